The highest BCUT2D eigenvalue weighted by Crippen LogP contribution is 2.07. The van der Waals surface area contributed by atoms with Gasteiger partial charge in [0.2, 0.25) is 0 Å². The Balaban J connectivity index is 2.45. The molecule has 0 radical (unpaired) electrons. The van der Waals surface area contributed by atoms with Crippen molar-refractivity contribution in [1.82, 2.24) is 0 Å². The molecule has 2 heteroatoms. The highest BCUT2D eigenvalue weighted by atomic mass is 32.2. The molecule has 0 saturated heterocycles. The van der Waals surface area contributed by atoms with Gasteiger partial charge in [-0.2, -0.15) is 0 Å². The fourth-order valence-corrected chi connectivity index (χ4v) is 0.685. The van der Waals surface area contributed by atoms with Crippen molar-refractivity contribution in [3.8, 4) is 0 Å². The van der Waals surface area contributed by atoms with Gasteiger partial charge in [0.1, 0.15) is 0 Å². The first-order valence-corrected chi connectivity index (χ1v) is 2.49. The van der Waals surface area contributed by atoms with Crippen molar-refractivity contribution in [3.63, 3.8) is 0 Å². The molecule has 0 aromatic rings. The van der Waals surface area contributed by atoms with Crippen LogP contribution < -0.4 is 0 Å². The van der Waals surface area contributed by atoms with Crippen LogP contribution in [0.4, 0.5) is 0 Å². The number of hydrogen-bond acceptors (Lipinski definition) is 2. The summed E-state index contributed by atoms with van der Waals surface area (Å²) >= 11 is 1.48. The van der Waals surface area contributed by atoms with E-state index in [9.17, 15) is 0 Å². The predicted molar refractivity (Wildman–Crippen MR) is 25.6 cm³/mol. The summed E-state index contributed by atoms with van der Waals surface area (Å²) in [6.07, 6.45) is 1.41. The molecule has 1 rings (SSSR count). The summed E-state index contributed by atoms with van der Waals surface area (Å²) in [5.41, 5.74) is 0. The Kier molecular flexibility index (Phi) is 0.651. The van der Waals surface area contributed by atoms with Gasteiger partial charge < -0.3 is 0 Å². The molecule has 0 fully saturated rings. The minimum Gasteiger partial charge on any atom is -0.229 e. The van der Waals surface area contributed by atoms with E-state index in [0.29, 0.717) is 6.19 Å². The van der Waals surface area contributed by atoms with Gasteiger partial charge in [0.25, 0.3) is 0 Å². The second-order valence-electron chi connectivity index (χ2n) is 0.833. The van der Waals surface area contributed by atoms with E-state index in [4.69, 9.17) is 1.37 Å². The Morgan fingerprint density at radius 1 is 2.20 bits per heavy atom. The smallest absolute Gasteiger partial charge is 0.0799 e. The van der Waals surface area contributed by atoms with Crippen LogP contribution in [0.15, 0.2) is 4.40 Å². The van der Waals surface area contributed by atoms with Gasteiger partial charge in [-0.3, -0.25) is 0 Å². The highest BCUT2D eigenvalue weighted by Gasteiger charge is 1.87. The lowest BCUT2D eigenvalue weighted by molar-refractivity contribution is 1.39. The number of nitrogens with zero attached hydrogens (tertiary/aromatic N) is 1. The molecule has 0 saturated carbocycles. The van der Waals surface area contributed by atoms with Gasteiger partial charge >= 0.3 is 0 Å². The molecule has 0 aromatic heterocycles. The van der Waals surface area contributed by atoms with Crippen LogP contribution in [0.1, 0.15) is 7.79 Å². The second-order valence-corrected chi connectivity index (χ2v) is 1.68. The lowest BCUT2D eigenvalue weighted by Crippen LogP contribution is -1.62. The molecule has 0 aromatic carbocycles. The fraction of sp³-hybridized carbons (Fsp3) is 0.667. The maximum absolute atomic E-state index is 6.86. The first-order valence-electron chi connectivity index (χ1n) is 2.05. The van der Waals surface area contributed by atoms with Crippen molar-refractivity contribution in [3.05, 3.63) is 0 Å². The lowest BCUT2D eigenvalue weighted by atomic mass is 10.6. The molecule has 1 heterocycles. The molecule has 0 unspecified atom stereocenters. The SMILES string of the molecule is [2H]C1=NSCC1. The van der Waals surface area contributed by atoms with E-state index in [-0.39, 0.29) is 0 Å². The Morgan fingerprint density at radius 2 is 3.20 bits per heavy atom. The van der Waals surface area contributed by atoms with Gasteiger partial charge in [0.15, 0.2) is 0 Å². The summed E-state index contributed by atoms with van der Waals surface area (Å²) in [6.45, 7) is 0. The van der Waals surface area contributed by atoms with E-state index < -0.39 is 0 Å². The monoisotopic (exact) mass is 88.0 g/mol. The van der Waals surface area contributed by atoms with Crippen molar-refractivity contribution in [2.75, 3.05) is 5.75 Å². The molecule has 1 aliphatic heterocycles. The summed E-state index contributed by atoms with van der Waals surface area (Å²) in [5.74, 6) is 1.01. The molecule has 0 amide bonds. The first-order chi connectivity index (χ1) is 2.89. The Bertz CT molecular complexity index is 80.9. The van der Waals surface area contributed by atoms with Gasteiger partial charge in [0, 0.05) is 11.9 Å². The zero-order valence-electron chi connectivity index (χ0n) is 3.77. The van der Waals surface area contributed by atoms with Crippen LogP contribution in [0.3, 0.4) is 0 Å². The molecule has 1 nitrogen and oxygen atoms in total. The third-order valence-electron chi connectivity index (χ3n) is 0.434. The standard InChI is InChI=1S/C3H5NS/c1-2-4-5-3-1/h2H,1,3H2/i2D. The van der Waals surface area contributed by atoms with Gasteiger partial charge in [-0.15, -0.1) is 0 Å². The fourth-order valence-electron chi connectivity index (χ4n) is 0.228. The van der Waals surface area contributed by atoms with Crippen LogP contribution in [0, 0.1) is 0 Å². The Hall–Kier alpha value is 0.0200. The predicted octanol–water partition coefficient (Wildman–Crippen LogP) is 1.11. The molecule has 0 atom stereocenters. The van der Waals surface area contributed by atoms with Gasteiger partial charge in [0.05, 0.1) is 1.37 Å². The van der Waals surface area contributed by atoms with E-state index in [1.807, 2.05) is 0 Å². The van der Waals surface area contributed by atoms with E-state index in [1.165, 1.54) is 11.9 Å². The highest BCUT2D eigenvalue weighted by molar-refractivity contribution is 7.98. The average molecular weight is 88.2 g/mol. The molecule has 0 aliphatic carbocycles. The molecule has 0 bridgehead atoms. The normalized spacial score (nSPS) is 25.6. The minimum atomic E-state index is 0.542. The average Bonchev–Trinajstić information content (AvgIpc) is 1.86. The summed E-state index contributed by atoms with van der Waals surface area (Å²) in [5, 5.41) is 0. The molecule has 1 aliphatic rings. The Labute approximate surface area is 37.0 Å². The molecular formula is C3H5NS. The van der Waals surface area contributed by atoms with Crippen molar-refractivity contribution >= 4 is 18.1 Å². The van der Waals surface area contributed by atoms with E-state index in [1.54, 1.807) is 0 Å². The third-order valence-corrected chi connectivity index (χ3v) is 1.08. The van der Waals surface area contributed by atoms with Crippen LogP contribution in [0.2, 0.25) is 0 Å². The van der Waals surface area contributed by atoms with E-state index >= 15 is 0 Å². The summed E-state index contributed by atoms with van der Waals surface area (Å²) in [4.78, 5) is 0. The zero-order valence-corrected chi connectivity index (χ0v) is 3.59. The van der Waals surface area contributed by atoms with Crippen molar-refractivity contribution in [2.45, 2.75) is 6.42 Å². The molecule has 5 heavy (non-hydrogen) atoms. The quantitative estimate of drug-likeness (QED) is 0.404. The maximum atomic E-state index is 6.86. The van der Waals surface area contributed by atoms with Crippen LogP contribution in [-0.2, 0) is 0 Å². The molecule has 0 N–H and O–H groups in total. The minimum absolute atomic E-state index is 0.542. The van der Waals surface area contributed by atoms with E-state index in [2.05, 4.69) is 4.40 Å². The van der Waals surface area contributed by atoms with Gasteiger partial charge in [-0.25, -0.2) is 4.40 Å². The van der Waals surface area contributed by atoms with Crippen LogP contribution >= 0.6 is 11.9 Å². The van der Waals surface area contributed by atoms with E-state index in [0.717, 1.165) is 12.2 Å². The van der Waals surface area contributed by atoms with Crippen LogP contribution in [0.25, 0.3) is 0 Å². The molecular weight excluding hydrogens is 82.1 g/mol. The first kappa shape index (κ1) is 2.24. The van der Waals surface area contributed by atoms with Crippen LogP contribution in [0.5, 0.6) is 0 Å². The number of hydrogen-bond donors (Lipinski definition) is 0. The molecule has 0 spiro atoms. The topological polar surface area (TPSA) is 12.4 Å². The summed E-state index contributed by atoms with van der Waals surface area (Å²) in [7, 11) is 0. The van der Waals surface area contributed by atoms with Crippen molar-refractivity contribution < 1.29 is 1.37 Å². The van der Waals surface area contributed by atoms with Crippen LogP contribution in [-0.4, -0.2) is 11.9 Å². The van der Waals surface area contributed by atoms with Crippen molar-refractivity contribution in [2.24, 2.45) is 4.40 Å². The van der Waals surface area contributed by atoms with Gasteiger partial charge in [-0.1, -0.05) is 0 Å². The van der Waals surface area contributed by atoms with Gasteiger partial charge in [-0.05, 0) is 18.4 Å². The lowest BCUT2D eigenvalue weighted by Gasteiger charge is -1.66. The Morgan fingerprint density at radius 3 is 3.40 bits per heavy atom. The summed E-state index contributed by atoms with van der Waals surface area (Å²) in [6, 6.07) is 0. The maximum Gasteiger partial charge on any atom is 0.0799 e. The summed E-state index contributed by atoms with van der Waals surface area (Å²) < 4.78 is 10.6. The number of rotatable bonds is 0. The molecule has 28 valence electrons. The van der Waals surface area contributed by atoms with Crippen molar-refractivity contribution in [1.29, 1.82) is 0 Å². The largest absolute Gasteiger partial charge is 0.229 e. The third kappa shape index (κ3) is 0.651. The zero-order chi connectivity index (χ0) is 4.41. The second kappa shape index (κ2) is 1.45.